The molecule has 110 valence electrons. The zero-order valence-electron chi connectivity index (χ0n) is 11.7. The molecule has 0 spiro atoms. The van der Waals surface area contributed by atoms with E-state index in [1.165, 1.54) is 12.1 Å². The second kappa shape index (κ2) is 5.85. The van der Waals surface area contributed by atoms with Crippen molar-refractivity contribution in [3.63, 3.8) is 0 Å². The van der Waals surface area contributed by atoms with Crippen LogP contribution < -0.4 is 0 Å². The molecule has 3 aromatic rings. The van der Waals surface area contributed by atoms with Gasteiger partial charge in [-0.3, -0.25) is 0 Å². The van der Waals surface area contributed by atoms with Crippen LogP contribution in [0.2, 0.25) is 0 Å². The van der Waals surface area contributed by atoms with Gasteiger partial charge in [-0.25, -0.2) is 14.4 Å². The van der Waals surface area contributed by atoms with Gasteiger partial charge < -0.3 is 9.13 Å². The molecule has 3 rings (SSSR count). The van der Waals surface area contributed by atoms with Crippen molar-refractivity contribution < 1.29 is 4.39 Å². The smallest absolute Gasteiger partial charge is 0.125 e. The van der Waals surface area contributed by atoms with Crippen LogP contribution in [-0.2, 0) is 13.0 Å². The van der Waals surface area contributed by atoms with Crippen LogP contribution in [0.5, 0.6) is 0 Å². The Balaban J connectivity index is 2.03. The van der Waals surface area contributed by atoms with Gasteiger partial charge in [0.05, 0.1) is 23.4 Å². The zero-order valence-corrected chi connectivity index (χ0v) is 12.5. The minimum absolute atomic E-state index is 0.174. The van der Waals surface area contributed by atoms with Crippen LogP contribution in [0.25, 0.3) is 11.0 Å². The average molecular weight is 307 g/mol. The molecule has 0 radical (unpaired) electrons. The van der Waals surface area contributed by atoms with E-state index in [4.69, 9.17) is 11.6 Å². The number of halogens is 2. The van der Waals surface area contributed by atoms with E-state index in [0.29, 0.717) is 17.8 Å². The molecule has 6 heteroatoms. The molecule has 4 nitrogen and oxygen atoms in total. The number of aromatic nitrogens is 4. The Morgan fingerprint density at radius 1 is 1.38 bits per heavy atom. The van der Waals surface area contributed by atoms with Gasteiger partial charge in [0.15, 0.2) is 0 Å². The van der Waals surface area contributed by atoms with Gasteiger partial charge in [0, 0.05) is 37.3 Å². The Bertz CT molecular complexity index is 736. The summed E-state index contributed by atoms with van der Waals surface area (Å²) in [5, 5.41) is 0. The van der Waals surface area contributed by atoms with Crippen LogP contribution in [0.3, 0.4) is 0 Å². The van der Waals surface area contributed by atoms with Gasteiger partial charge in [-0.15, -0.1) is 11.6 Å². The Morgan fingerprint density at radius 3 is 2.95 bits per heavy atom. The van der Waals surface area contributed by atoms with E-state index in [0.717, 1.165) is 17.9 Å². The maximum Gasteiger partial charge on any atom is 0.125 e. The van der Waals surface area contributed by atoms with Crippen molar-refractivity contribution in [3.8, 4) is 0 Å². The fraction of sp³-hybridized carbons (Fsp3) is 0.333. The van der Waals surface area contributed by atoms with E-state index >= 15 is 0 Å². The molecule has 2 aromatic heterocycles. The third kappa shape index (κ3) is 2.78. The van der Waals surface area contributed by atoms with E-state index < -0.39 is 0 Å². The number of alkyl halides is 1. The standard InChI is InChI=1S/C15H16ClFN4/c1-11(9-20-7-6-18-10-20)21-14-3-2-12(17)8-13(14)19-15(21)4-5-16/h2-3,6-8,10-11H,4-5,9H2,1H3. The van der Waals surface area contributed by atoms with Gasteiger partial charge in [0.25, 0.3) is 0 Å². The summed E-state index contributed by atoms with van der Waals surface area (Å²) in [5.74, 6) is 1.11. The Hall–Kier alpha value is -1.88. The Morgan fingerprint density at radius 2 is 2.24 bits per heavy atom. The van der Waals surface area contributed by atoms with Gasteiger partial charge in [0.1, 0.15) is 11.6 Å². The molecule has 0 bridgehead atoms. The number of aryl methyl sites for hydroxylation is 1. The molecule has 21 heavy (non-hydrogen) atoms. The van der Waals surface area contributed by atoms with Crippen molar-refractivity contribution >= 4 is 22.6 Å². The average Bonchev–Trinajstić information content (AvgIpc) is 3.05. The Labute approximate surface area is 127 Å². The number of fused-ring (bicyclic) bond motifs is 1. The van der Waals surface area contributed by atoms with E-state index in [1.54, 1.807) is 18.6 Å². The first-order valence-corrected chi connectivity index (χ1v) is 7.40. The summed E-state index contributed by atoms with van der Waals surface area (Å²) < 4.78 is 17.5. The van der Waals surface area contributed by atoms with Crippen molar-refractivity contribution in [3.05, 3.63) is 48.6 Å². The largest absolute Gasteiger partial charge is 0.335 e. The lowest BCUT2D eigenvalue weighted by molar-refractivity contribution is 0.461. The number of hydrogen-bond acceptors (Lipinski definition) is 2. The van der Waals surface area contributed by atoms with Crippen LogP contribution in [0.4, 0.5) is 4.39 Å². The van der Waals surface area contributed by atoms with Crippen LogP contribution in [0, 0.1) is 5.82 Å². The second-order valence-corrected chi connectivity index (χ2v) is 5.46. The molecule has 0 saturated carbocycles. The predicted octanol–water partition coefficient (Wildman–Crippen LogP) is 3.41. The van der Waals surface area contributed by atoms with Gasteiger partial charge in [-0.1, -0.05) is 0 Å². The van der Waals surface area contributed by atoms with E-state index in [2.05, 4.69) is 21.5 Å². The fourth-order valence-corrected chi connectivity index (χ4v) is 2.83. The first-order chi connectivity index (χ1) is 10.2. The molecule has 0 aliphatic rings. The molecule has 0 saturated heterocycles. The summed E-state index contributed by atoms with van der Waals surface area (Å²) in [6, 6.07) is 4.88. The molecule has 0 fully saturated rings. The van der Waals surface area contributed by atoms with Gasteiger partial charge in [0.2, 0.25) is 0 Å². The summed E-state index contributed by atoms with van der Waals surface area (Å²) >= 11 is 5.87. The fourth-order valence-electron chi connectivity index (χ4n) is 2.66. The lowest BCUT2D eigenvalue weighted by atomic mass is 10.2. The maximum atomic E-state index is 13.4. The summed E-state index contributed by atoms with van der Waals surface area (Å²) in [7, 11) is 0. The molecular formula is C15H16ClFN4. The van der Waals surface area contributed by atoms with Gasteiger partial charge in [-0.05, 0) is 19.1 Å². The van der Waals surface area contributed by atoms with Crippen molar-refractivity contribution in [1.29, 1.82) is 0 Å². The number of rotatable bonds is 5. The predicted molar refractivity (Wildman–Crippen MR) is 81.1 cm³/mol. The van der Waals surface area contributed by atoms with E-state index in [-0.39, 0.29) is 11.9 Å². The number of hydrogen-bond donors (Lipinski definition) is 0. The number of benzene rings is 1. The summed E-state index contributed by atoms with van der Waals surface area (Å²) in [4.78, 5) is 8.58. The number of nitrogens with zero attached hydrogens (tertiary/aromatic N) is 4. The first kappa shape index (κ1) is 14.1. The molecule has 0 N–H and O–H groups in total. The SMILES string of the molecule is CC(Cn1ccnc1)n1c(CCCl)nc2cc(F)ccc21. The van der Waals surface area contributed by atoms with Crippen LogP contribution in [0.1, 0.15) is 18.8 Å². The molecule has 0 aliphatic heterocycles. The first-order valence-electron chi connectivity index (χ1n) is 6.87. The van der Waals surface area contributed by atoms with E-state index in [9.17, 15) is 4.39 Å². The Kier molecular flexibility index (Phi) is 3.92. The van der Waals surface area contributed by atoms with Crippen molar-refractivity contribution in [1.82, 2.24) is 19.1 Å². The molecular weight excluding hydrogens is 291 g/mol. The van der Waals surface area contributed by atoms with Crippen LogP contribution in [0.15, 0.2) is 36.9 Å². The molecule has 0 amide bonds. The lowest BCUT2D eigenvalue weighted by Gasteiger charge is -2.18. The minimum atomic E-state index is -0.271. The van der Waals surface area contributed by atoms with Gasteiger partial charge >= 0.3 is 0 Å². The highest BCUT2D eigenvalue weighted by atomic mass is 35.5. The summed E-state index contributed by atoms with van der Waals surface area (Å²) in [5.41, 5.74) is 1.61. The maximum absolute atomic E-state index is 13.4. The molecule has 1 unspecified atom stereocenters. The monoisotopic (exact) mass is 306 g/mol. The third-order valence-corrected chi connectivity index (χ3v) is 3.71. The van der Waals surface area contributed by atoms with Crippen LogP contribution in [-0.4, -0.2) is 25.0 Å². The van der Waals surface area contributed by atoms with Crippen LogP contribution >= 0.6 is 11.6 Å². The molecule has 1 aromatic carbocycles. The van der Waals surface area contributed by atoms with Crippen molar-refractivity contribution in [2.45, 2.75) is 25.9 Å². The second-order valence-electron chi connectivity index (χ2n) is 5.08. The summed E-state index contributed by atoms with van der Waals surface area (Å²) in [6.07, 6.45) is 6.13. The quantitative estimate of drug-likeness (QED) is 0.677. The molecule has 1 atom stereocenters. The third-order valence-electron chi connectivity index (χ3n) is 3.52. The normalized spacial score (nSPS) is 12.9. The van der Waals surface area contributed by atoms with Crippen molar-refractivity contribution in [2.24, 2.45) is 0 Å². The van der Waals surface area contributed by atoms with Gasteiger partial charge in [-0.2, -0.15) is 0 Å². The zero-order chi connectivity index (χ0) is 14.8. The van der Waals surface area contributed by atoms with Crippen molar-refractivity contribution in [2.75, 3.05) is 5.88 Å². The van der Waals surface area contributed by atoms with E-state index in [1.807, 2.05) is 10.8 Å². The number of imidazole rings is 2. The summed E-state index contributed by atoms with van der Waals surface area (Å²) in [6.45, 7) is 2.89. The lowest BCUT2D eigenvalue weighted by Crippen LogP contribution is -2.15. The molecule has 2 heterocycles. The minimum Gasteiger partial charge on any atom is -0.335 e. The molecule has 0 aliphatic carbocycles. The highest BCUT2D eigenvalue weighted by molar-refractivity contribution is 6.17. The topological polar surface area (TPSA) is 35.6 Å². The highest BCUT2D eigenvalue weighted by Gasteiger charge is 2.16. The highest BCUT2D eigenvalue weighted by Crippen LogP contribution is 2.23.